The predicted octanol–water partition coefficient (Wildman–Crippen LogP) is 5.71. The van der Waals surface area contributed by atoms with E-state index >= 15 is 0 Å². The number of carbonyl (C=O) groups is 1. The number of benzene rings is 3. The third-order valence-corrected chi connectivity index (χ3v) is 8.97. The van der Waals surface area contributed by atoms with Crippen molar-refractivity contribution in [1.82, 2.24) is 19.7 Å². The van der Waals surface area contributed by atoms with E-state index < -0.39 is 15.8 Å². The van der Waals surface area contributed by atoms with E-state index in [4.69, 9.17) is 21.1 Å². The summed E-state index contributed by atoms with van der Waals surface area (Å²) in [7, 11) is -3.79. The molecule has 0 aliphatic carbocycles. The molecule has 0 bridgehead atoms. The Bertz CT molecular complexity index is 1900. The molecule has 0 unspecified atom stereocenters. The fraction of sp³-hybridized carbons (Fsp3) is 0.194. The Labute approximate surface area is 257 Å². The Morgan fingerprint density at radius 1 is 1.02 bits per heavy atom. The Hall–Kier alpha value is -4.36. The number of rotatable bonds is 10. The molecular formula is C31H27ClFN5O5S. The average molecular weight is 636 g/mol. The van der Waals surface area contributed by atoms with Gasteiger partial charge in [-0.1, -0.05) is 29.8 Å². The number of ketones is 1. The minimum absolute atomic E-state index is 0.0170. The van der Waals surface area contributed by atoms with Gasteiger partial charge in [0.05, 0.1) is 39.6 Å². The molecule has 0 radical (unpaired) electrons. The van der Waals surface area contributed by atoms with Crippen LogP contribution in [0.5, 0.6) is 11.5 Å². The third-order valence-electron chi connectivity index (χ3n) is 7.21. The van der Waals surface area contributed by atoms with Crippen LogP contribution in [0.2, 0.25) is 5.02 Å². The molecule has 1 aliphatic heterocycles. The molecule has 44 heavy (non-hydrogen) atoms. The first-order chi connectivity index (χ1) is 21.3. The first-order valence-corrected chi connectivity index (χ1v) is 15.7. The zero-order valence-electron chi connectivity index (χ0n) is 23.2. The molecule has 2 aromatic heterocycles. The Kier molecular flexibility index (Phi) is 8.58. The van der Waals surface area contributed by atoms with Crippen LogP contribution in [0.1, 0.15) is 28.8 Å². The van der Waals surface area contributed by atoms with Crippen LogP contribution in [-0.2, 0) is 14.8 Å². The van der Waals surface area contributed by atoms with Crippen molar-refractivity contribution in [3.8, 4) is 11.5 Å². The Balaban J connectivity index is 1.11. The molecule has 0 amide bonds. The molecule has 226 valence electrons. The number of fused-ring (bicyclic) bond motifs is 1. The minimum atomic E-state index is -3.79. The maximum absolute atomic E-state index is 13.6. The number of nitrogens with one attached hydrogen (secondary N) is 3. The van der Waals surface area contributed by atoms with E-state index in [0.717, 1.165) is 12.1 Å². The van der Waals surface area contributed by atoms with Crippen molar-refractivity contribution in [3.63, 3.8) is 0 Å². The van der Waals surface area contributed by atoms with Gasteiger partial charge in [0.2, 0.25) is 10.0 Å². The molecule has 2 atom stereocenters. The number of carbonyl (C=O) groups excluding carboxylic acids is 1. The minimum Gasteiger partial charge on any atom is -0.457 e. The van der Waals surface area contributed by atoms with E-state index in [9.17, 15) is 17.6 Å². The van der Waals surface area contributed by atoms with Crippen LogP contribution in [0.15, 0.2) is 90.2 Å². The highest BCUT2D eigenvalue weighted by Crippen LogP contribution is 2.32. The quantitative estimate of drug-likeness (QED) is 0.166. The van der Waals surface area contributed by atoms with Gasteiger partial charge in [-0.3, -0.25) is 4.79 Å². The summed E-state index contributed by atoms with van der Waals surface area (Å²) < 4.78 is 52.5. The van der Waals surface area contributed by atoms with Gasteiger partial charge in [0.25, 0.3) is 0 Å². The molecule has 3 aromatic carbocycles. The van der Waals surface area contributed by atoms with E-state index in [1.165, 1.54) is 18.5 Å². The molecule has 5 aromatic rings. The maximum Gasteiger partial charge on any atom is 0.240 e. The summed E-state index contributed by atoms with van der Waals surface area (Å²) in [6.07, 6.45) is 3.88. The van der Waals surface area contributed by atoms with Crippen LogP contribution in [-0.4, -0.2) is 54.5 Å². The van der Waals surface area contributed by atoms with Crippen molar-refractivity contribution >= 4 is 44.3 Å². The summed E-state index contributed by atoms with van der Waals surface area (Å²) in [4.78, 5) is 25.3. The molecule has 1 aliphatic rings. The smallest absolute Gasteiger partial charge is 0.240 e. The van der Waals surface area contributed by atoms with Crippen molar-refractivity contribution in [1.29, 1.82) is 0 Å². The van der Waals surface area contributed by atoms with Gasteiger partial charge in [0.15, 0.2) is 5.78 Å². The van der Waals surface area contributed by atoms with Gasteiger partial charge in [-0.25, -0.2) is 27.5 Å². The van der Waals surface area contributed by atoms with Crippen LogP contribution in [0, 0.1) is 5.82 Å². The molecule has 3 heterocycles. The molecule has 0 saturated carbocycles. The van der Waals surface area contributed by atoms with Crippen molar-refractivity contribution in [3.05, 3.63) is 107 Å². The molecule has 0 spiro atoms. The van der Waals surface area contributed by atoms with Crippen molar-refractivity contribution < 1.29 is 27.1 Å². The van der Waals surface area contributed by atoms with Gasteiger partial charge in [-0.2, -0.15) is 0 Å². The fourth-order valence-electron chi connectivity index (χ4n) is 4.94. The third kappa shape index (κ3) is 6.58. The number of sulfonamides is 1. The second kappa shape index (κ2) is 12.7. The summed E-state index contributed by atoms with van der Waals surface area (Å²) in [5.41, 5.74) is 1.14. The monoisotopic (exact) mass is 635 g/mol. The number of H-pyrrole nitrogens is 1. The normalized spacial score (nSPS) is 17.0. The molecule has 10 nitrogen and oxygen atoms in total. The van der Waals surface area contributed by atoms with Gasteiger partial charge in [0.1, 0.15) is 35.1 Å². The number of ether oxygens (including phenoxy) is 2. The molecule has 13 heteroatoms. The van der Waals surface area contributed by atoms with Crippen LogP contribution in [0.4, 0.5) is 10.2 Å². The molecule has 1 saturated heterocycles. The zero-order valence-corrected chi connectivity index (χ0v) is 24.7. The van der Waals surface area contributed by atoms with Gasteiger partial charge >= 0.3 is 0 Å². The standard InChI is InChI=1S/C31H27ClFN5O5S/c32-27-14-22(43-21-4-2-1-3-5-21)10-13-25(27)29(39)26-16-34-30-28(26)31(36-18-35-30)38-20-8-9-23(42-17-20)15-37-44(40,41)24-11-6-19(33)7-12-24/h1-7,10-14,16,18,20,23,37H,8-9,15,17H2,(H2,34,35,36,38)/t20-,23+/m1/s1. The van der Waals surface area contributed by atoms with Crippen molar-refractivity contribution in [2.24, 2.45) is 0 Å². The largest absolute Gasteiger partial charge is 0.457 e. The van der Waals surface area contributed by atoms with E-state index in [-0.39, 0.29) is 41.0 Å². The number of aromatic nitrogens is 3. The topological polar surface area (TPSA) is 135 Å². The Morgan fingerprint density at radius 2 is 1.82 bits per heavy atom. The summed E-state index contributed by atoms with van der Waals surface area (Å²) >= 11 is 6.53. The summed E-state index contributed by atoms with van der Waals surface area (Å²) in [6.45, 7) is 0.368. The number of anilines is 1. The molecule has 3 N–H and O–H groups in total. The number of halogens is 2. The lowest BCUT2D eigenvalue weighted by molar-refractivity contribution is 0.0132. The first kappa shape index (κ1) is 29.7. The van der Waals surface area contributed by atoms with Crippen molar-refractivity contribution in [2.45, 2.75) is 29.9 Å². The lowest BCUT2D eigenvalue weighted by atomic mass is 10.0. The zero-order chi connectivity index (χ0) is 30.7. The van der Waals surface area contributed by atoms with Gasteiger partial charge in [-0.15, -0.1) is 0 Å². The fourth-order valence-corrected chi connectivity index (χ4v) is 6.26. The highest BCUT2D eigenvalue weighted by atomic mass is 35.5. The second-order valence-corrected chi connectivity index (χ2v) is 12.4. The lowest BCUT2D eigenvalue weighted by Crippen LogP contribution is -2.41. The predicted molar refractivity (Wildman–Crippen MR) is 163 cm³/mol. The number of aromatic amines is 1. The maximum atomic E-state index is 13.6. The SMILES string of the molecule is O=C(c1ccc(Oc2ccccc2)cc1Cl)c1c[nH]c2ncnc(N[C@@H]3CC[C@@H](CNS(=O)(=O)c4ccc(F)cc4)OC3)c12. The number of hydrogen-bond donors (Lipinski definition) is 3. The highest BCUT2D eigenvalue weighted by molar-refractivity contribution is 7.89. The lowest BCUT2D eigenvalue weighted by Gasteiger charge is -2.30. The van der Waals surface area contributed by atoms with E-state index in [1.54, 1.807) is 24.4 Å². The number of hydrogen-bond acceptors (Lipinski definition) is 8. The number of para-hydroxylation sites is 1. The van der Waals surface area contributed by atoms with Crippen LogP contribution in [0.3, 0.4) is 0 Å². The summed E-state index contributed by atoms with van der Waals surface area (Å²) in [5.74, 6) is 0.794. The molecule has 6 rings (SSSR count). The average Bonchev–Trinajstić information content (AvgIpc) is 3.47. The highest BCUT2D eigenvalue weighted by Gasteiger charge is 2.26. The summed E-state index contributed by atoms with van der Waals surface area (Å²) in [6, 6.07) is 18.6. The first-order valence-electron chi connectivity index (χ1n) is 13.8. The van der Waals surface area contributed by atoms with Crippen LogP contribution >= 0.6 is 11.6 Å². The molecule has 1 fully saturated rings. The van der Waals surface area contributed by atoms with E-state index in [0.29, 0.717) is 52.3 Å². The molecular weight excluding hydrogens is 609 g/mol. The van der Waals surface area contributed by atoms with Gasteiger partial charge in [-0.05, 0) is 61.4 Å². The number of nitrogens with zero attached hydrogens (tertiary/aromatic N) is 2. The summed E-state index contributed by atoms with van der Waals surface area (Å²) in [5, 5.41) is 4.12. The van der Waals surface area contributed by atoms with Crippen LogP contribution < -0.4 is 14.8 Å². The van der Waals surface area contributed by atoms with Crippen LogP contribution in [0.25, 0.3) is 11.0 Å². The van der Waals surface area contributed by atoms with E-state index in [1.807, 2.05) is 30.3 Å². The van der Waals surface area contributed by atoms with E-state index in [2.05, 4.69) is 25.0 Å². The van der Waals surface area contributed by atoms with Gasteiger partial charge < -0.3 is 19.8 Å². The Morgan fingerprint density at radius 3 is 2.55 bits per heavy atom. The van der Waals surface area contributed by atoms with Gasteiger partial charge in [0, 0.05) is 24.4 Å². The second-order valence-electron chi connectivity index (χ2n) is 10.2. The van der Waals surface area contributed by atoms with Crippen molar-refractivity contribution in [2.75, 3.05) is 18.5 Å².